The summed E-state index contributed by atoms with van der Waals surface area (Å²) in [5.41, 5.74) is 1.96. The Kier molecular flexibility index (Phi) is 6.23. The predicted molar refractivity (Wildman–Crippen MR) is 122 cm³/mol. The van der Waals surface area contributed by atoms with Crippen LogP contribution in [0.15, 0.2) is 83.8 Å². The summed E-state index contributed by atoms with van der Waals surface area (Å²) in [6.07, 6.45) is 1.17. The number of benzene rings is 3. The topological polar surface area (TPSA) is 72.7 Å². The lowest BCUT2D eigenvalue weighted by Crippen LogP contribution is -2.44. The van der Waals surface area contributed by atoms with Crippen LogP contribution in [-0.2, 0) is 4.79 Å². The van der Waals surface area contributed by atoms with Gasteiger partial charge >= 0.3 is 0 Å². The summed E-state index contributed by atoms with van der Waals surface area (Å²) in [7, 11) is 1.62. The van der Waals surface area contributed by atoms with Crippen LogP contribution in [0.5, 0.6) is 5.75 Å². The summed E-state index contributed by atoms with van der Waals surface area (Å²) in [5, 5.41) is 11.1. The van der Waals surface area contributed by atoms with E-state index in [0.29, 0.717) is 6.42 Å². The Morgan fingerprint density at radius 3 is 2.29 bits per heavy atom. The third-order valence-corrected chi connectivity index (χ3v) is 6.71. The Morgan fingerprint density at radius 2 is 1.68 bits per heavy atom. The van der Waals surface area contributed by atoms with Crippen LogP contribution in [0.1, 0.15) is 24.4 Å². The van der Waals surface area contributed by atoms with Crippen molar-refractivity contribution in [3.8, 4) is 5.75 Å². The van der Waals surface area contributed by atoms with E-state index in [1.54, 1.807) is 31.0 Å². The molecular weight excluding hydrogens is 412 g/mol. The van der Waals surface area contributed by atoms with Gasteiger partial charge in [0.1, 0.15) is 5.75 Å². The monoisotopic (exact) mass is 434 g/mol. The highest BCUT2D eigenvalue weighted by Crippen LogP contribution is 2.44. The second-order valence-corrected chi connectivity index (χ2v) is 8.58. The molecule has 0 saturated carbocycles. The minimum Gasteiger partial charge on any atom is -0.497 e. The minimum atomic E-state index is -0.397. The number of amides is 1. The van der Waals surface area contributed by atoms with E-state index in [1.165, 1.54) is 12.1 Å². The number of piperidine rings is 1. The number of nitrogens with zero attached hydrogens (tertiary/aromatic N) is 2. The fourth-order valence-corrected chi connectivity index (χ4v) is 5.16. The van der Waals surface area contributed by atoms with E-state index in [4.69, 9.17) is 4.74 Å². The standard InChI is InChI=1S/C24H22N2O4S/c1-30-20-11-7-18(8-12-20)25-23(27)16-15-22(24(25)17-5-3-2-4-6-17)31-21-13-9-19(10-14-21)26(28)29/h2-14,22,24H,15-16H2,1H3/t22-,24-/m0/s1. The van der Waals surface area contributed by atoms with Crippen molar-refractivity contribution in [2.24, 2.45) is 0 Å². The van der Waals surface area contributed by atoms with Crippen molar-refractivity contribution in [2.45, 2.75) is 29.0 Å². The summed E-state index contributed by atoms with van der Waals surface area (Å²) in [6, 6.07) is 24.0. The maximum Gasteiger partial charge on any atom is 0.269 e. The van der Waals surface area contributed by atoms with Crippen molar-refractivity contribution in [3.05, 3.63) is 94.5 Å². The van der Waals surface area contributed by atoms with Gasteiger partial charge in [0, 0.05) is 34.4 Å². The Labute approximate surface area is 185 Å². The lowest BCUT2D eigenvalue weighted by molar-refractivity contribution is -0.384. The molecule has 0 aliphatic carbocycles. The van der Waals surface area contributed by atoms with Crippen molar-refractivity contribution in [1.82, 2.24) is 0 Å². The normalized spacial score (nSPS) is 18.6. The second kappa shape index (κ2) is 9.22. The van der Waals surface area contributed by atoms with E-state index in [2.05, 4.69) is 0 Å². The number of hydrogen-bond acceptors (Lipinski definition) is 5. The van der Waals surface area contributed by atoms with Gasteiger partial charge in [-0.1, -0.05) is 30.3 Å². The van der Waals surface area contributed by atoms with Gasteiger partial charge < -0.3 is 9.64 Å². The van der Waals surface area contributed by atoms with E-state index < -0.39 is 4.92 Å². The van der Waals surface area contributed by atoms with Crippen LogP contribution in [-0.4, -0.2) is 23.2 Å². The predicted octanol–water partition coefficient (Wildman–Crippen LogP) is 5.63. The van der Waals surface area contributed by atoms with Gasteiger partial charge in [0.15, 0.2) is 0 Å². The Hall–Kier alpha value is -3.32. The molecule has 158 valence electrons. The number of methoxy groups -OCH3 is 1. The van der Waals surface area contributed by atoms with E-state index in [1.807, 2.05) is 59.5 Å². The molecule has 0 spiro atoms. The molecule has 3 aromatic carbocycles. The Morgan fingerprint density at radius 1 is 1.00 bits per heavy atom. The van der Waals surface area contributed by atoms with Crippen molar-refractivity contribution < 1.29 is 14.5 Å². The molecule has 0 unspecified atom stereocenters. The van der Waals surface area contributed by atoms with Crippen LogP contribution < -0.4 is 9.64 Å². The average Bonchev–Trinajstić information content (AvgIpc) is 2.81. The van der Waals surface area contributed by atoms with E-state index in [-0.39, 0.29) is 22.9 Å². The zero-order valence-electron chi connectivity index (χ0n) is 17.0. The molecule has 1 fully saturated rings. The molecule has 1 aliphatic heterocycles. The second-order valence-electron chi connectivity index (χ2n) is 7.26. The molecule has 31 heavy (non-hydrogen) atoms. The SMILES string of the molecule is COc1ccc(N2C(=O)CC[C@H](Sc3ccc([N+](=O)[O-])cc3)[C@@H]2c2ccccc2)cc1. The number of carbonyl (C=O) groups is 1. The van der Waals surface area contributed by atoms with E-state index in [0.717, 1.165) is 28.3 Å². The van der Waals surface area contributed by atoms with Crippen LogP contribution >= 0.6 is 11.8 Å². The number of anilines is 1. The lowest BCUT2D eigenvalue weighted by atomic mass is 9.93. The number of ether oxygens (including phenoxy) is 1. The molecule has 4 rings (SSSR count). The van der Waals surface area contributed by atoms with Crippen molar-refractivity contribution in [2.75, 3.05) is 12.0 Å². The van der Waals surface area contributed by atoms with Crippen LogP contribution in [0.4, 0.5) is 11.4 Å². The number of hydrogen-bond donors (Lipinski definition) is 0. The van der Waals surface area contributed by atoms with Crippen molar-refractivity contribution in [1.29, 1.82) is 0 Å². The molecule has 0 aromatic heterocycles. The van der Waals surface area contributed by atoms with Crippen molar-refractivity contribution >= 4 is 29.0 Å². The molecule has 1 heterocycles. The molecule has 0 N–H and O–H groups in total. The van der Waals surface area contributed by atoms with Gasteiger partial charge in [0.25, 0.3) is 5.69 Å². The smallest absolute Gasteiger partial charge is 0.269 e. The number of nitro benzene ring substituents is 1. The molecule has 2 atom stereocenters. The minimum absolute atomic E-state index is 0.0719. The molecular formula is C24H22N2O4S. The molecule has 1 amide bonds. The van der Waals surface area contributed by atoms with Gasteiger partial charge in [-0.15, -0.1) is 11.8 Å². The van der Waals surface area contributed by atoms with E-state index in [9.17, 15) is 14.9 Å². The molecule has 6 nitrogen and oxygen atoms in total. The maximum absolute atomic E-state index is 13.1. The summed E-state index contributed by atoms with van der Waals surface area (Å²) in [5.74, 6) is 0.820. The highest BCUT2D eigenvalue weighted by Gasteiger charge is 2.38. The Balaban J connectivity index is 1.69. The fourth-order valence-electron chi connectivity index (χ4n) is 3.87. The van der Waals surface area contributed by atoms with E-state index >= 15 is 0 Å². The summed E-state index contributed by atoms with van der Waals surface area (Å²) < 4.78 is 5.27. The first kappa shape index (κ1) is 20.9. The number of carbonyl (C=O) groups excluding carboxylic acids is 1. The largest absolute Gasteiger partial charge is 0.497 e. The maximum atomic E-state index is 13.1. The number of non-ortho nitro benzene ring substituents is 1. The molecule has 1 aliphatic rings. The first-order valence-corrected chi connectivity index (χ1v) is 10.9. The average molecular weight is 435 g/mol. The lowest BCUT2D eigenvalue weighted by Gasteiger charge is -2.41. The summed E-state index contributed by atoms with van der Waals surface area (Å²) >= 11 is 1.65. The van der Waals surface area contributed by atoms with Crippen LogP contribution in [0.2, 0.25) is 0 Å². The van der Waals surface area contributed by atoms with Gasteiger partial charge in [-0.25, -0.2) is 0 Å². The molecule has 1 saturated heterocycles. The zero-order chi connectivity index (χ0) is 21.8. The van der Waals surface area contributed by atoms with Gasteiger partial charge in [-0.05, 0) is 48.4 Å². The zero-order valence-corrected chi connectivity index (χ0v) is 17.8. The molecule has 7 heteroatoms. The van der Waals surface area contributed by atoms with Crippen LogP contribution in [0.3, 0.4) is 0 Å². The first-order valence-electron chi connectivity index (χ1n) is 9.99. The quantitative estimate of drug-likeness (QED) is 0.371. The van der Waals surface area contributed by atoms with Gasteiger partial charge in [0.2, 0.25) is 5.91 Å². The first-order chi connectivity index (χ1) is 15.1. The fraction of sp³-hybridized carbons (Fsp3) is 0.208. The number of nitro groups is 1. The molecule has 0 bridgehead atoms. The van der Waals surface area contributed by atoms with Gasteiger partial charge in [-0.2, -0.15) is 0 Å². The van der Waals surface area contributed by atoms with Crippen molar-refractivity contribution in [3.63, 3.8) is 0 Å². The highest BCUT2D eigenvalue weighted by molar-refractivity contribution is 8.00. The summed E-state index contributed by atoms with van der Waals surface area (Å²) in [4.78, 5) is 26.5. The van der Waals surface area contributed by atoms with Crippen LogP contribution in [0.25, 0.3) is 0 Å². The summed E-state index contributed by atoms with van der Waals surface area (Å²) in [6.45, 7) is 0. The van der Waals surface area contributed by atoms with Gasteiger partial charge in [0.05, 0.1) is 18.1 Å². The highest BCUT2D eigenvalue weighted by atomic mass is 32.2. The molecule has 3 aromatic rings. The molecule has 0 radical (unpaired) electrons. The van der Waals surface area contributed by atoms with Crippen LogP contribution in [0, 0.1) is 10.1 Å². The number of rotatable bonds is 6. The Bertz CT molecular complexity index is 1060. The third-order valence-electron chi connectivity index (χ3n) is 5.37. The third kappa shape index (κ3) is 4.56. The van der Waals surface area contributed by atoms with Gasteiger partial charge in [-0.3, -0.25) is 14.9 Å². The number of thioether (sulfide) groups is 1.